The van der Waals surface area contributed by atoms with Gasteiger partial charge in [-0.1, -0.05) is 91.0 Å². The first-order valence-corrected chi connectivity index (χ1v) is 12.0. The average Bonchev–Trinajstić information content (AvgIpc) is 3.27. The van der Waals surface area contributed by atoms with E-state index in [9.17, 15) is 9.18 Å². The van der Waals surface area contributed by atoms with Gasteiger partial charge in [0.2, 0.25) is 0 Å². The van der Waals surface area contributed by atoms with E-state index in [1.807, 2.05) is 96.4 Å². The van der Waals surface area contributed by atoms with E-state index >= 15 is 0 Å². The lowest BCUT2D eigenvalue weighted by Crippen LogP contribution is -2.30. The molecule has 4 aromatic carbocycles. The lowest BCUT2D eigenvalue weighted by atomic mass is 9.98. The maximum absolute atomic E-state index is 13.7. The van der Waals surface area contributed by atoms with Crippen molar-refractivity contribution >= 4 is 5.91 Å². The van der Waals surface area contributed by atoms with Crippen molar-refractivity contribution < 1.29 is 9.18 Å². The van der Waals surface area contributed by atoms with E-state index in [1.165, 1.54) is 12.1 Å². The normalized spacial score (nSPS) is 11.7. The van der Waals surface area contributed by atoms with Crippen molar-refractivity contribution in [2.75, 3.05) is 0 Å². The fourth-order valence-corrected chi connectivity index (χ4v) is 4.60. The Balaban J connectivity index is 1.54. The number of aromatic nitrogens is 1. The highest BCUT2D eigenvalue weighted by molar-refractivity contribution is 5.97. The Kier molecular flexibility index (Phi) is 6.76. The quantitative estimate of drug-likeness (QED) is 0.264. The minimum Gasteiger partial charge on any atom is -0.345 e. The summed E-state index contributed by atoms with van der Waals surface area (Å²) in [6.45, 7) is 1.93. The first-order valence-electron chi connectivity index (χ1n) is 12.0. The van der Waals surface area contributed by atoms with Gasteiger partial charge < -0.3 is 9.88 Å². The predicted octanol–water partition coefficient (Wildman–Crippen LogP) is 7.31. The number of benzene rings is 4. The summed E-state index contributed by atoms with van der Waals surface area (Å²) in [5.74, 6) is -0.440. The molecule has 178 valence electrons. The van der Waals surface area contributed by atoms with Crippen LogP contribution >= 0.6 is 0 Å². The average molecular weight is 475 g/mol. The van der Waals surface area contributed by atoms with E-state index < -0.39 is 0 Å². The molecule has 1 atom stereocenters. The van der Waals surface area contributed by atoms with E-state index in [4.69, 9.17) is 0 Å². The molecule has 0 bridgehead atoms. The van der Waals surface area contributed by atoms with Gasteiger partial charge >= 0.3 is 0 Å². The Labute approximate surface area is 210 Å². The van der Waals surface area contributed by atoms with Gasteiger partial charge in [-0.15, -0.1) is 0 Å². The molecule has 1 aromatic heterocycles. The zero-order valence-corrected chi connectivity index (χ0v) is 20.1. The Morgan fingerprint density at radius 1 is 0.806 bits per heavy atom. The van der Waals surface area contributed by atoms with Gasteiger partial charge in [-0.2, -0.15) is 0 Å². The van der Waals surface area contributed by atoms with Gasteiger partial charge in [0.1, 0.15) is 5.82 Å². The summed E-state index contributed by atoms with van der Waals surface area (Å²) < 4.78 is 15.7. The van der Waals surface area contributed by atoms with Gasteiger partial charge in [0, 0.05) is 11.4 Å². The van der Waals surface area contributed by atoms with Gasteiger partial charge in [-0.25, -0.2) is 4.39 Å². The third kappa shape index (κ3) is 4.98. The van der Waals surface area contributed by atoms with Crippen molar-refractivity contribution in [3.63, 3.8) is 0 Å². The molecule has 3 nitrogen and oxygen atoms in total. The second-order valence-electron chi connectivity index (χ2n) is 8.83. The Hall–Kier alpha value is -4.44. The van der Waals surface area contributed by atoms with Gasteiger partial charge in [0.25, 0.3) is 5.91 Å². The third-order valence-electron chi connectivity index (χ3n) is 6.44. The first-order chi connectivity index (χ1) is 17.6. The predicted molar refractivity (Wildman–Crippen MR) is 143 cm³/mol. The van der Waals surface area contributed by atoms with Crippen molar-refractivity contribution in [3.05, 3.63) is 150 Å². The van der Waals surface area contributed by atoms with Crippen LogP contribution in [0.5, 0.6) is 0 Å². The number of hydrogen-bond donors (Lipinski definition) is 1. The largest absolute Gasteiger partial charge is 0.345 e. The molecule has 1 amide bonds. The number of nitrogens with one attached hydrogen (secondary N) is 1. The molecule has 0 aliphatic heterocycles. The standard InChI is InChI=1S/C32H27FN2O/c1-23-29(22-31(26-15-9-4-10-16-26)35(23)28-19-17-27(33)18-20-28)32(36)34-30(25-13-7-3-8-14-25)21-24-11-5-2-6-12-24/h2-20,22,30H,21H2,1H3,(H,34,36)/t30-/m1/s1. The molecule has 0 spiro atoms. The molecule has 0 saturated heterocycles. The highest BCUT2D eigenvalue weighted by atomic mass is 19.1. The summed E-state index contributed by atoms with van der Waals surface area (Å²) in [4.78, 5) is 13.7. The summed E-state index contributed by atoms with van der Waals surface area (Å²) in [7, 11) is 0. The molecule has 5 rings (SSSR count). The van der Waals surface area contributed by atoms with Crippen molar-refractivity contribution in [1.29, 1.82) is 0 Å². The van der Waals surface area contributed by atoms with Crippen LogP contribution in [0.3, 0.4) is 0 Å². The van der Waals surface area contributed by atoms with Crippen LogP contribution in [-0.4, -0.2) is 10.5 Å². The number of nitrogens with zero attached hydrogens (tertiary/aromatic N) is 1. The zero-order chi connectivity index (χ0) is 24.9. The van der Waals surface area contributed by atoms with E-state index in [2.05, 4.69) is 17.4 Å². The molecule has 0 unspecified atom stereocenters. The molecule has 1 N–H and O–H groups in total. The summed E-state index contributed by atoms with van der Waals surface area (Å²) in [6.07, 6.45) is 0.680. The molecule has 1 heterocycles. The summed E-state index contributed by atoms with van der Waals surface area (Å²) in [5.41, 5.74) is 6.25. The summed E-state index contributed by atoms with van der Waals surface area (Å²) in [6, 6.07) is 38.2. The monoisotopic (exact) mass is 474 g/mol. The lowest BCUT2D eigenvalue weighted by Gasteiger charge is -2.20. The third-order valence-corrected chi connectivity index (χ3v) is 6.44. The van der Waals surface area contributed by atoms with Gasteiger partial charge in [-0.3, -0.25) is 4.79 Å². The Bertz CT molecular complexity index is 1440. The Morgan fingerprint density at radius 2 is 1.39 bits per heavy atom. The number of amides is 1. The molecular formula is C32H27FN2O. The van der Waals surface area contributed by atoms with Crippen molar-refractivity contribution in [3.8, 4) is 16.9 Å². The molecule has 0 aliphatic carbocycles. The molecule has 5 aromatic rings. The van der Waals surface area contributed by atoms with Gasteiger partial charge in [-0.05, 0) is 60.4 Å². The van der Waals surface area contributed by atoms with Crippen LogP contribution in [0.2, 0.25) is 0 Å². The molecule has 36 heavy (non-hydrogen) atoms. The van der Waals surface area contributed by atoms with Crippen LogP contribution in [0.15, 0.2) is 121 Å². The van der Waals surface area contributed by atoms with E-state index in [1.54, 1.807) is 12.1 Å². The van der Waals surface area contributed by atoms with E-state index in [0.717, 1.165) is 33.8 Å². The summed E-state index contributed by atoms with van der Waals surface area (Å²) in [5, 5.41) is 3.28. The van der Waals surface area contributed by atoms with Crippen LogP contribution in [0, 0.1) is 12.7 Å². The summed E-state index contributed by atoms with van der Waals surface area (Å²) >= 11 is 0. The minimum absolute atomic E-state index is 0.143. The van der Waals surface area contributed by atoms with Crippen LogP contribution in [0.25, 0.3) is 16.9 Å². The smallest absolute Gasteiger partial charge is 0.253 e. The number of carbonyl (C=O) groups excluding carboxylic acids is 1. The van der Waals surface area contributed by atoms with Crippen LogP contribution in [0.4, 0.5) is 4.39 Å². The maximum atomic E-state index is 13.7. The minimum atomic E-state index is -0.297. The van der Waals surface area contributed by atoms with Crippen molar-refractivity contribution in [2.45, 2.75) is 19.4 Å². The maximum Gasteiger partial charge on any atom is 0.253 e. The highest BCUT2D eigenvalue weighted by Gasteiger charge is 2.23. The van der Waals surface area contributed by atoms with Crippen LogP contribution in [0.1, 0.15) is 33.2 Å². The molecule has 4 heteroatoms. The second-order valence-corrected chi connectivity index (χ2v) is 8.83. The van der Waals surface area contributed by atoms with Crippen LogP contribution < -0.4 is 5.32 Å². The fourth-order valence-electron chi connectivity index (χ4n) is 4.60. The van der Waals surface area contributed by atoms with Crippen molar-refractivity contribution in [1.82, 2.24) is 9.88 Å². The Morgan fingerprint density at radius 3 is 2.03 bits per heavy atom. The van der Waals surface area contributed by atoms with Gasteiger partial charge in [0.05, 0.1) is 17.3 Å². The van der Waals surface area contributed by atoms with E-state index in [0.29, 0.717) is 12.0 Å². The zero-order valence-electron chi connectivity index (χ0n) is 20.1. The van der Waals surface area contributed by atoms with E-state index in [-0.39, 0.29) is 17.8 Å². The number of halogens is 1. The highest BCUT2D eigenvalue weighted by Crippen LogP contribution is 2.30. The molecule has 0 fully saturated rings. The molecule has 0 aliphatic rings. The topological polar surface area (TPSA) is 34.0 Å². The van der Waals surface area contributed by atoms with Gasteiger partial charge in [0.15, 0.2) is 0 Å². The SMILES string of the molecule is Cc1c(C(=O)N[C@H](Cc2ccccc2)c2ccccc2)cc(-c2ccccc2)n1-c1ccc(F)cc1. The molecule has 0 saturated carbocycles. The van der Waals surface area contributed by atoms with Crippen LogP contribution in [-0.2, 0) is 6.42 Å². The van der Waals surface area contributed by atoms with Crippen molar-refractivity contribution in [2.24, 2.45) is 0 Å². The lowest BCUT2D eigenvalue weighted by molar-refractivity contribution is 0.0936. The first kappa shape index (κ1) is 23.3. The second kappa shape index (κ2) is 10.4. The fraction of sp³-hybridized carbons (Fsp3) is 0.0938. The molecule has 0 radical (unpaired) electrons. The number of hydrogen-bond acceptors (Lipinski definition) is 1. The number of carbonyl (C=O) groups is 1. The number of rotatable bonds is 7. The molecular weight excluding hydrogens is 447 g/mol.